The quantitative estimate of drug-likeness (QED) is 0.867. The number of ether oxygens (including phenoxy) is 1. The van der Waals surface area contributed by atoms with Crippen LogP contribution in [0.1, 0.15) is 27.7 Å². The van der Waals surface area contributed by atoms with Crippen molar-refractivity contribution in [2.45, 2.75) is 33.7 Å². The molecule has 0 aliphatic carbocycles. The van der Waals surface area contributed by atoms with Gasteiger partial charge in [0.25, 0.3) is 5.91 Å². The maximum atomic E-state index is 11.8. The summed E-state index contributed by atoms with van der Waals surface area (Å²) >= 11 is 5.78. The Kier molecular flexibility index (Phi) is 6.16. The van der Waals surface area contributed by atoms with E-state index >= 15 is 0 Å². The van der Waals surface area contributed by atoms with Gasteiger partial charge in [0.1, 0.15) is 5.75 Å². The van der Waals surface area contributed by atoms with Crippen LogP contribution in [0.15, 0.2) is 24.3 Å². The molecule has 19 heavy (non-hydrogen) atoms. The molecule has 0 atom stereocenters. The van der Waals surface area contributed by atoms with Crippen LogP contribution in [0.3, 0.4) is 0 Å². The summed E-state index contributed by atoms with van der Waals surface area (Å²) in [7, 11) is 0. The Labute approximate surface area is 120 Å². The van der Waals surface area contributed by atoms with Crippen molar-refractivity contribution in [2.75, 3.05) is 6.61 Å². The number of rotatable bonds is 6. The molecule has 0 radical (unpaired) electrons. The van der Waals surface area contributed by atoms with Gasteiger partial charge in [-0.3, -0.25) is 4.79 Å². The predicted octanol–water partition coefficient (Wildman–Crippen LogP) is 3.52. The second-order valence-electron chi connectivity index (χ2n) is 5.32. The van der Waals surface area contributed by atoms with E-state index in [2.05, 4.69) is 33.0 Å². The fraction of sp³-hybridized carbons (Fsp3) is 0.533. The van der Waals surface area contributed by atoms with E-state index in [0.717, 1.165) is 0 Å². The van der Waals surface area contributed by atoms with Gasteiger partial charge in [0, 0.05) is 11.1 Å². The summed E-state index contributed by atoms with van der Waals surface area (Å²) in [5, 5.41) is 3.66. The molecule has 0 saturated carbocycles. The number of amides is 1. The topological polar surface area (TPSA) is 38.3 Å². The van der Waals surface area contributed by atoms with Gasteiger partial charge in [0.05, 0.1) is 0 Å². The van der Waals surface area contributed by atoms with Crippen molar-refractivity contribution in [3.63, 3.8) is 0 Å². The summed E-state index contributed by atoms with van der Waals surface area (Å²) in [4.78, 5) is 11.8. The zero-order valence-corrected chi connectivity index (χ0v) is 12.7. The molecule has 106 valence electrons. The van der Waals surface area contributed by atoms with Crippen molar-refractivity contribution in [3.8, 4) is 5.75 Å². The van der Waals surface area contributed by atoms with Crippen LogP contribution >= 0.6 is 11.6 Å². The minimum Gasteiger partial charge on any atom is -0.484 e. The van der Waals surface area contributed by atoms with Crippen LogP contribution in [-0.2, 0) is 4.79 Å². The Bertz CT molecular complexity index is 393. The van der Waals surface area contributed by atoms with E-state index < -0.39 is 0 Å². The first kappa shape index (κ1) is 15.8. The van der Waals surface area contributed by atoms with Crippen molar-refractivity contribution < 1.29 is 9.53 Å². The molecule has 0 aliphatic rings. The highest BCUT2D eigenvalue weighted by molar-refractivity contribution is 6.30. The largest absolute Gasteiger partial charge is 0.484 e. The summed E-state index contributed by atoms with van der Waals surface area (Å²) in [6, 6.07) is 7.14. The van der Waals surface area contributed by atoms with E-state index in [1.165, 1.54) is 0 Å². The third-order valence-corrected chi connectivity index (χ3v) is 3.20. The highest BCUT2D eigenvalue weighted by Crippen LogP contribution is 2.15. The Morgan fingerprint density at radius 3 is 2.16 bits per heavy atom. The predicted molar refractivity (Wildman–Crippen MR) is 78.6 cm³/mol. The number of hydrogen-bond donors (Lipinski definition) is 1. The maximum Gasteiger partial charge on any atom is 0.258 e. The third-order valence-electron chi connectivity index (χ3n) is 2.95. The van der Waals surface area contributed by atoms with Gasteiger partial charge < -0.3 is 10.1 Å². The molecule has 0 aliphatic heterocycles. The van der Waals surface area contributed by atoms with E-state index in [9.17, 15) is 4.79 Å². The van der Waals surface area contributed by atoms with Gasteiger partial charge in [0.2, 0.25) is 0 Å². The molecule has 0 fully saturated rings. The van der Waals surface area contributed by atoms with Crippen LogP contribution in [0.5, 0.6) is 5.75 Å². The molecule has 0 bridgehead atoms. The van der Waals surface area contributed by atoms with Crippen molar-refractivity contribution in [1.82, 2.24) is 5.32 Å². The third kappa shape index (κ3) is 5.52. The molecule has 0 heterocycles. The second kappa shape index (κ2) is 7.39. The molecular weight excluding hydrogens is 262 g/mol. The summed E-state index contributed by atoms with van der Waals surface area (Å²) in [5.41, 5.74) is 0. The number of benzene rings is 1. The first-order valence-corrected chi connectivity index (χ1v) is 6.95. The fourth-order valence-corrected chi connectivity index (χ4v) is 2.14. The molecule has 0 spiro atoms. The average molecular weight is 284 g/mol. The number of nitrogens with one attached hydrogen (secondary N) is 1. The zero-order valence-electron chi connectivity index (χ0n) is 11.9. The van der Waals surface area contributed by atoms with Crippen LogP contribution in [0.25, 0.3) is 0 Å². The Morgan fingerprint density at radius 2 is 1.68 bits per heavy atom. The van der Waals surface area contributed by atoms with E-state index in [-0.39, 0.29) is 18.6 Å². The Morgan fingerprint density at radius 1 is 1.16 bits per heavy atom. The van der Waals surface area contributed by atoms with Gasteiger partial charge in [-0.1, -0.05) is 39.3 Å². The van der Waals surface area contributed by atoms with Crippen LogP contribution in [0.2, 0.25) is 5.02 Å². The molecular formula is C15H22ClNO2. The second-order valence-corrected chi connectivity index (χ2v) is 5.76. The molecule has 0 aromatic heterocycles. The lowest BCUT2D eigenvalue weighted by Crippen LogP contribution is -2.44. The van der Waals surface area contributed by atoms with E-state index in [1.807, 2.05) is 0 Å². The lowest BCUT2D eigenvalue weighted by molar-refractivity contribution is -0.124. The van der Waals surface area contributed by atoms with Gasteiger partial charge in [-0.05, 0) is 36.1 Å². The molecule has 1 amide bonds. The number of carbonyl (C=O) groups excluding carboxylic acids is 1. The minimum atomic E-state index is -0.0950. The maximum absolute atomic E-state index is 11.8. The summed E-state index contributed by atoms with van der Waals surface area (Å²) in [6.45, 7) is 8.43. The molecule has 1 aromatic carbocycles. The first-order chi connectivity index (χ1) is 8.90. The SMILES string of the molecule is CC(C)C(NC(=O)COc1ccc(Cl)cc1)C(C)C. The van der Waals surface area contributed by atoms with Gasteiger partial charge in [0.15, 0.2) is 6.61 Å². The van der Waals surface area contributed by atoms with E-state index in [1.54, 1.807) is 24.3 Å². The number of halogens is 1. The van der Waals surface area contributed by atoms with Crippen molar-refractivity contribution in [1.29, 1.82) is 0 Å². The molecule has 3 nitrogen and oxygen atoms in total. The first-order valence-electron chi connectivity index (χ1n) is 6.58. The summed E-state index contributed by atoms with van der Waals surface area (Å²) in [5.74, 6) is 1.35. The monoisotopic (exact) mass is 283 g/mol. The van der Waals surface area contributed by atoms with Crippen molar-refractivity contribution in [3.05, 3.63) is 29.3 Å². The molecule has 0 saturated heterocycles. The van der Waals surface area contributed by atoms with Gasteiger partial charge in [-0.15, -0.1) is 0 Å². The van der Waals surface area contributed by atoms with Gasteiger partial charge in [-0.2, -0.15) is 0 Å². The molecule has 1 rings (SSSR count). The summed E-state index contributed by atoms with van der Waals surface area (Å²) in [6.07, 6.45) is 0. The van der Waals surface area contributed by atoms with Crippen LogP contribution in [0, 0.1) is 11.8 Å². The standard InChI is InChI=1S/C15H22ClNO2/c1-10(2)15(11(3)4)17-14(18)9-19-13-7-5-12(16)6-8-13/h5-8,10-11,15H,9H2,1-4H3,(H,17,18). The molecule has 4 heteroatoms. The lowest BCUT2D eigenvalue weighted by atomic mass is 9.93. The highest BCUT2D eigenvalue weighted by atomic mass is 35.5. The lowest BCUT2D eigenvalue weighted by Gasteiger charge is -2.26. The van der Waals surface area contributed by atoms with Crippen LogP contribution < -0.4 is 10.1 Å². The van der Waals surface area contributed by atoms with Crippen molar-refractivity contribution >= 4 is 17.5 Å². The van der Waals surface area contributed by atoms with E-state index in [0.29, 0.717) is 22.6 Å². The van der Waals surface area contributed by atoms with Crippen LogP contribution in [0.4, 0.5) is 0 Å². The van der Waals surface area contributed by atoms with Crippen LogP contribution in [-0.4, -0.2) is 18.6 Å². The molecule has 1 aromatic rings. The average Bonchev–Trinajstić information content (AvgIpc) is 2.34. The molecule has 1 N–H and O–H groups in total. The zero-order chi connectivity index (χ0) is 14.4. The normalized spacial score (nSPS) is 11.2. The number of hydrogen-bond acceptors (Lipinski definition) is 2. The van der Waals surface area contributed by atoms with E-state index in [4.69, 9.17) is 16.3 Å². The van der Waals surface area contributed by atoms with Gasteiger partial charge >= 0.3 is 0 Å². The Balaban J connectivity index is 2.45. The number of carbonyl (C=O) groups is 1. The fourth-order valence-electron chi connectivity index (χ4n) is 2.01. The minimum absolute atomic E-state index is 0.0254. The summed E-state index contributed by atoms with van der Waals surface area (Å²) < 4.78 is 5.41. The molecule has 0 unspecified atom stereocenters. The Hall–Kier alpha value is -1.22. The van der Waals surface area contributed by atoms with Crippen molar-refractivity contribution in [2.24, 2.45) is 11.8 Å². The van der Waals surface area contributed by atoms with Gasteiger partial charge in [-0.25, -0.2) is 0 Å². The highest BCUT2D eigenvalue weighted by Gasteiger charge is 2.19. The smallest absolute Gasteiger partial charge is 0.258 e.